The predicted octanol–water partition coefficient (Wildman–Crippen LogP) is 3.27. The Labute approximate surface area is 148 Å². The summed E-state index contributed by atoms with van der Waals surface area (Å²) in [6, 6.07) is 14.2. The first-order valence-corrected chi connectivity index (χ1v) is 10.00. The molecule has 1 fully saturated rings. The molecule has 1 aliphatic heterocycles. The summed E-state index contributed by atoms with van der Waals surface area (Å²) < 4.78 is 37.5. The summed E-state index contributed by atoms with van der Waals surface area (Å²) in [7, 11) is -3.21. The molecule has 0 aromatic heterocycles. The molecule has 0 saturated heterocycles. The van der Waals surface area contributed by atoms with Crippen molar-refractivity contribution in [3.05, 3.63) is 48.0 Å². The van der Waals surface area contributed by atoms with Gasteiger partial charge in [0.1, 0.15) is 0 Å². The van der Waals surface area contributed by atoms with Crippen molar-refractivity contribution >= 4 is 10.0 Å². The molecule has 1 aliphatic carbocycles. The molecule has 132 valence electrons. The summed E-state index contributed by atoms with van der Waals surface area (Å²) in [6.07, 6.45) is 0.856. The minimum atomic E-state index is -3.21. The van der Waals surface area contributed by atoms with Crippen LogP contribution in [0, 0.1) is 0 Å². The lowest BCUT2D eigenvalue weighted by molar-refractivity contribution is 0.174. The summed E-state index contributed by atoms with van der Waals surface area (Å²) in [6.45, 7) is 3.66. The fraction of sp³-hybridized carbons (Fsp3) is 0.368. The molecule has 25 heavy (non-hydrogen) atoms. The molecule has 2 aromatic carbocycles. The first kappa shape index (κ1) is 16.4. The molecule has 0 amide bonds. The number of benzene rings is 2. The van der Waals surface area contributed by atoms with Crippen molar-refractivity contribution in [2.75, 3.05) is 6.79 Å². The Morgan fingerprint density at radius 2 is 1.68 bits per heavy atom. The quantitative estimate of drug-likeness (QED) is 0.890. The van der Waals surface area contributed by atoms with Crippen LogP contribution < -0.4 is 14.2 Å². The van der Waals surface area contributed by atoms with E-state index in [1.165, 1.54) is 5.56 Å². The van der Waals surface area contributed by atoms with Gasteiger partial charge in [-0.25, -0.2) is 13.1 Å². The largest absolute Gasteiger partial charge is 0.454 e. The highest BCUT2D eigenvalue weighted by atomic mass is 32.2. The van der Waals surface area contributed by atoms with E-state index in [1.807, 2.05) is 18.2 Å². The second kappa shape index (κ2) is 6.04. The van der Waals surface area contributed by atoms with Crippen molar-refractivity contribution in [1.82, 2.24) is 4.72 Å². The standard InChI is InChI=1S/C19H21NO4S/c1-12(2)25(21,22)20-17-10-16(17)14-5-3-13(4-6-14)15-7-8-18-19(9-15)24-11-23-18/h3-9,12,16-17,20H,10-11H2,1-2H3/t16-,17+/m0/s1. The average Bonchev–Trinajstić information content (AvgIpc) is 3.17. The molecular formula is C19H21NO4S. The normalized spacial score (nSPS) is 21.6. The number of ether oxygens (including phenoxy) is 2. The molecule has 1 saturated carbocycles. The summed E-state index contributed by atoms with van der Waals surface area (Å²) in [4.78, 5) is 0. The highest BCUT2D eigenvalue weighted by Gasteiger charge is 2.41. The molecule has 1 N–H and O–H groups in total. The van der Waals surface area contributed by atoms with Gasteiger partial charge in [0.2, 0.25) is 16.8 Å². The third-order valence-corrected chi connectivity index (χ3v) is 6.64. The van der Waals surface area contributed by atoms with Crippen LogP contribution in [0.4, 0.5) is 0 Å². The van der Waals surface area contributed by atoms with Crippen molar-refractivity contribution in [3.63, 3.8) is 0 Å². The fourth-order valence-corrected chi connectivity index (χ4v) is 3.99. The van der Waals surface area contributed by atoms with Gasteiger partial charge in [-0.2, -0.15) is 0 Å². The molecule has 6 heteroatoms. The van der Waals surface area contributed by atoms with Crippen LogP contribution in [-0.2, 0) is 10.0 Å². The SMILES string of the molecule is CC(C)S(=O)(=O)N[C@@H]1C[C@H]1c1ccc(-c2ccc3c(c2)OCO3)cc1. The molecule has 5 nitrogen and oxygen atoms in total. The van der Waals surface area contributed by atoms with E-state index in [0.29, 0.717) is 0 Å². The van der Waals surface area contributed by atoms with E-state index in [2.05, 4.69) is 29.0 Å². The second-order valence-electron chi connectivity index (χ2n) is 6.85. The van der Waals surface area contributed by atoms with E-state index in [9.17, 15) is 8.42 Å². The van der Waals surface area contributed by atoms with E-state index in [0.717, 1.165) is 29.0 Å². The monoisotopic (exact) mass is 359 g/mol. The Bertz CT molecular complexity index is 890. The van der Waals surface area contributed by atoms with Crippen LogP contribution in [-0.4, -0.2) is 26.5 Å². The maximum absolute atomic E-state index is 12.0. The number of nitrogens with one attached hydrogen (secondary N) is 1. The zero-order valence-corrected chi connectivity index (χ0v) is 15.0. The summed E-state index contributed by atoms with van der Waals surface area (Å²) >= 11 is 0. The van der Waals surface area contributed by atoms with Gasteiger partial charge in [-0.15, -0.1) is 0 Å². The predicted molar refractivity (Wildman–Crippen MR) is 96.3 cm³/mol. The maximum Gasteiger partial charge on any atom is 0.231 e. The van der Waals surface area contributed by atoms with Crippen molar-refractivity contribution in [2.45, 2.75) is 37.5 Å². The van der Waals surface area contributed by atoms with E-state index >= 15 is 0 Å². The van der Waals surface area contributed by atoms with Crippen LogP contribution in [0.3, 0.4) is 0 Å². The lowest BCUT2D eigenvalue weighted by Crippen LogP contribution is -2.33. The van der Waals surface area contributed by atoms with Gasteiger partial charge in [0.05, 0.1) is 5.25 Å². The zero-order chi connectivity index (χ0) is 17.6. The first-order chi connectivity index (χ1) is 11.9. The highest BCUT2D eigenvalue weighted by molar-refractivity contribution is 7.90. The molecular weight excluding hydrogens is 338 g/mol. The number of rotatable bonds is 5. The second-order valence-corrected chi connectivity index (χ2v) is 9.12. The number of hydrogen-bond donors (Lipinski definition) is 1. The van der Waals surface area contributed by atoms with Gasteiger partial charge in [0.25, 0.3) is 0 Å². The van der Waals surface area contributed by atoms with Crippen LogP contribution in [0.5, 0.6) is 11.5 Å². The van der Waals surface area contributed by atoms with Crippen LogP contribution >= 0.6 is 0 Å². The zero-order valence-electron chi connectivity index (χ0n) is 14.2. The smallest absolute Gasteiger partial charge is 0.231 e. The van der Waals surface area contributed by atoms with Gasteiger partial charge in [-0.1, -0.05) is 30.3 Å². The number of sulfonamides is 1. The van der Waals surface area contributed by atoms with Crippen LogP contribution in [0.2, 0.25) is 0 Å². The lowest BCUT2D eigenvalue weighted by Gasteiger charge is -2.09. The molecule has 1 heterocycles. The van der Waals surface area contributed by atoms with Crippen LogP contribution in [0.25, 0.3) is 11.1 Å². The van der Waals surface area contributed by atoms with Gasteiger partial charge in [0.15, 0.2) is 11.5 Å². The van der Waals surface area contributed by atoms with E-state index in [4.69, 9.17) is 9.47 Å². The Hall–Kier alpha value is -2.05. The Morgan fingerprint density at radius 3 is 2.40 bits per heavy atom. The number of hydrogen-bond acceptors (Lipinski definition) is 4. The van der Waals surface area contributed by atoms with Crippen LogP contribution in [0.1, 0.15) is 31.7 Å². The molecule has 0 unspecified atom stereocenters. The molecule has 0 spiro atoms. The van der Waals surface area contributed by atoms with Crippen LogP contribution in [0.15, 0.2) is 42.5 Å². The molecule has 2 atom stereocenters. The molecule has 0 radical (unpaired) electrons. The summed E-state index contributed by atoms with van der Waals surface area (Å²) in [5.41, 5.74) is 3.34. The third kappa shape index (κ3) is 3.24. The van der Waals surface area contributed by atoms with E-state index in [1.54, 1.807) is 13.8 Å². The van der Waals surface area contributed by atoms with Gasteiger partial charge in [0, 0.05) is 12.0 Å². The van der Waals surface area contributed by atoms with E-state index in [-0.39, 0.29) is 18.8 Å². The van der Waals surface area contributed by atoms with Gasteiger partial charge < -0.3 is 9.47 Å². The summed E-state index contributed by atoms with van der Waals surface area (Å²) in [5, 5.41) is -0.401. The molecule has 0 bridgehead atoms. The topological polar surface area (TPSA) is 64.6 Å². The molecule has 4 rings (SSSR count). The first-order valence-electron chi connectivity index (χ1n) is 8.45. The summed E-state index contributed by atoms with van der Waals surface area (Å²) in [5.74, 6) is 1.81. The van der Waals surface area contributed by atoms with Crippen molar-refractivity contribution in [1.29, 1.82) is 0 Å². The van der Waals surface area contributed by atoms with Crippen molar-refractivity contribution in [3.8, 4) is 22.6 Å². The van der Waals surface area contributed by atoms with Crippen molar-refractivity contribution < 1.29 is 17.9 Å². The lowest BCUT2D eigenvalue weighted by atomic mass is 10.0. The van der Waals surface area contributed by atoms with Gasteiger partial charge >= 0.3 is 0 Å². The third-order valence-electron chi connectivity index (χ3n) is 4.77. The van der Waals surface area contributed by atoms with Gasteiger partial charge in [-0.3, -0.25) is 0 Å². The van der Waals surface area contributed by atoms with E-state index < -0.39 is 15.3 Å². The average molecular weight is 359 g/mol. The number of fused-ring (bicyclic) bond motifs is 1. The van der Waals surface area contributed by atoms with Crippen molar-refractivity contribution in [2.24, 2.45) is 0 Å². The minimum Gasteiger partial charge on any atom is -0.454 e. The Balaban J connectivity index is 1.47. The molecule has 2 aromatic rings. The molecule has 2 aliphatic rings. The Morgan fingerprint density at radius 1 is 1.00 bits per heavy atom. The fourth-order valence-electron chi connectivity index (χ4n) is 3.04. The van der Waals surface area contributed by atoms with Gasteiger partial charge in [-0.05, 0) is 49.1 Å². The maximum atomic E-state index is 12.0. The highest BCUT2D eigenvalue weighted by Crippen LogP contribution is 2.42. The minimum absolute atomic E-state index is 0.0174. The Kier molecular flexibility index (Phi) is 3.96.